The number of aromatic nitrogens is 2. The Bertz CT molecular complexity index is 974. The van der Waals surface area contributed by atoms with Gasteiger partial charge in [0.1, 0.15) is 4.99 Å². The Morgan fingerprint density at radius 1 is 1.12 bits per heavy atom. The average Bonchev–Trinajstić information content (AvgIpc) is 2.98. The van der Waals surface area contributed by atoms with E-state index in [0.29, 0.717) is 22.1 Å². The summed E-state index contributed by atoms with van der Waals surface area (Å²) in [7, 11) is 0. The van der Waals surface area contributed by atoms with Crippen LogP contribution in [0.25, 0.3) is 11.3 Å². The van der Waals surface area contributed by atoms with Crippen LogP contribution in [0.3, 0.4) is 0 Å². The van der Waals surface area contributed by atoms with E-state index < -0.39 is 0 Å². The largest absolute Gasteiger partial charge is 0.292 e. The molecule has 0 aliphatic carbocycles. The van der Waals surface area contributed by atoms with Crippen molar-refractivity contribution in [2.75, 3.05) is 0 Å². The number of hydrogen-bond acceptors (Lipinski definition) is 4. The number of carbonyl (C=O) groups excluding carboxylic acids is 1. The molecule has 4 rings (SSSR count). The molecule has 0 saturated carbocycles. The average molecular weight is 366 g/mol. The minimum absolute atomic E-state index is 0.150. The lowest BCUT2D eigenvalue weighted by Gasteiger charge is -2.15. The molecule has 0 unspecified atom stereocenters. The normalized spacial score (nSPS) is 13.0. The van der Waals surface area contributed by atoms with Gasteiger partial charge in [0, 0.05) is 34.1 Å². The van der Waals surface area contributed by atoms with Gasteiger partial charge < -0.3 is 0 Å². The fraction of sp³-hybridized carbons (Fsp3) is 0.0526. The van der Waals surface area contributed by atoms with Crippen molar-refractivity contribution in [1.29, 1.82) is 0 Å². The monoisotopic (exact) mass is 365 g/mol. The van der Waals surface area contributed by atoms with Crippen LogP contribution in [0.1, 0.15) is 21.6 Å². The summed E-state index contributed by atoms with van der Waals surface area (Å²) in [6, 6.07) is 14.4. The summed E-state index contributed by atoms with van der Waals surface area (Å²) in [5.41, 5.74) is 3.92. The minimum atomic E-state index is -0.150. The van der Waals surface area contributed by atoms with Gasteiger partial charge >= 0.3 is 0 Å². The summed E-state index contributed by atoms with van der Waals surface area (Å²) in [6.07, 6.45) is 3.48. The first-order chi connectivity index (χ1) is 12.1. The van der Waals surface area contributed by atoms with E-state index >= 15 is 0 Å². The van der Waals surface area contributed by atoms with Crippen molar-refractivity contribution in [1.82, 2.24) is 14.9 Å². The Balaban J connectivity index is 1.65. The molecule has 0 radical (unpaired) electrons. The number of carbonyl (C=O) groups is 1. The molecule has 0 fully saturated rings. The van der Waals surface area contributed by atoms with Crippen LogP contribution in [0, 0.1) is 0 Å². The smallest absolute Gasteiger partial charge is 0.259 e. The van der Waals surface area contributed by atoms with Crippen LogP contribution in [0.2, 0.25) is 5.02 Å². The summed E-state index contributed by atoms with van der Waals surface area (Å²) >= 11 is 11.4. The second-order valence-electron chi connectivity index (χ2n) is 5.64. The van der Waals surface area contributed by atoms with Gasteiger partial charge in [-0.1, -0.05) is 23.8 Å². The molecule has 6 heteroatoms. The second kappa shape index (κ2) is 6.35. The molecular formula is C19H12ClN3OS. The maximum absolute atomic E-state index is 12.7. The first-order valence-electron chi connectivity index (χ1n) is 7.65. The number of pyridine rings is 2. The molecule has 1 amide bonds. The van der Waals surface area contributed by atoms with Gasteiger partial charge in [0.25, 0.3) is 5.91 Å². The van der Waals surface area contributed by atoms with Crippen LogP contribution in [0.4, 0.5) is 0 Å². The van der Waals surface area contributed by atoms with Crippen molar-refractivity contribution in [2.45, 2.75) is 6.54 Å². The van der Waals surface area contributed by atoms with Gasteiger partial charge in [0.15, 0.2) is 0 Å². The van der Waals surface area contributed by atoms with E-state index in [0.717, 1.165) is 22.5 Å². The zero-order chi connectivity index (χ0) is 17.4. The molecular weight excluding hydrogens is 354 g/mol. The van der Waals surface area contributed by atoms with Crippen LogP contribution >= 0.6 is 23.8 Å². The standard InChI is InChI=1S/C19H12ClN3OS/c20-14-5-3-12(4-6-14)18(24)23-11-17-15(19(23)25)7-8-16(22-17)13-2-1-9-21-10-13/h1-10H,11H2. The highest BCUT2D eigenvalue weighted by atomic mass is 35.5. The fourth-order valence-corrected chi connectivity index (χ4v) is 3.23. The molecule has 0 N–H and O–H groups in total. The molecule has 4 nitrogen and oxygen atoms in total. The Kier molecular flexibility index (Phi) is 4.03. The Morgan fingerprint density at radius 2 is 1.92 bits per heavy atom. The van der Waals surface area contributed by atoms with E-state index in [9.17, 15) is 4.79 Å². The first-order valence-corrected chi connectivity index (χ1v) is 8.44. The van der Waals surface area contributed by atoms with Gasteiger partial charge in [0.2, 0.25) is 0 Å². The van der Waals surface area contributed by atoms with E-state index in [1.54, 1.807) is 41.6 Å². The maximum atomic E-state index is 12.7. The van der Waals surface area contributed by atoms with E-state index in [1.165, 1.54) is 0 Å². The zero-order valence-corrected chi connectivity index (χ0v) is 14.6. The van der Waals surface area contributed by atoms with Crippen molar-refractivity contribution in [3.8, 4) is 11.3 Å². The number of thiocarbonyl (C=S) groups is 1. The lowest BCUT2D eigenvalue weighted by atomic mass is 10.1. The number of benzene rings is 1. The quantitative estimate of drug-likeness (QED) is 0.641. The molecule has 1 aliphatic heterocycles. The number of hydrogen-bond donors (Lipinski definition) is 0. The summed E-state index contributed by atoms with van der Waals surface area (Å²) in [5, 5.41) is 0.589. The zero-order valence-electron chi connectivity index (χ0n) is 13.0. The fourth-order valence-electron chi connectivity index (χ4n) is 2.77. The predicted octanol–water partition coefficient (Wildman–Crippen LogP) is 4.13. The Labute approximate surface area is 155 Å². The van der Waals surface area contributed by atoms with Gasteiger partial charge in [0.05, 0.1) is 17.9 Å². The van der Waals surface area contributed by atoms with Crippen molar-refractivity contribution in [3.63, 3.8) is 0 Å². The number of nitrogens with zero attached hydrogens (tertiary/aromatic N) is 3. The molecule has 0 bridgehead atoms. The molecule has 3 heterocycles. The topological polar surface area (TPSA) is 46.1 Å². The minimum Gasteiger partial charge on any atom is -0.292 e. The van der Waals surface area contributed by atoms with Crippen LogP contribution in [0.15, 0.2) is 60.9 Å². The third-order valence-electron chi connectivity index (χ3n) is 4.05. The summed E-state index contributed by atoms with van der Waals surface area (Å²) in [4.78, 5) is 23.6. The second-order valence-corrected chi connectivity index (χ2v) is 6.46. The highest BCUT2D eigenvalue weighted by molar-refractivity contribution is 7.80. The van der Waals surface area contributed by atoms with Gasteiger partial charge in [-0.25, -0.2) is 0 Å². The van der Waals surface area contributed by atoms with Crippen LogP contribution < -0.4 is 0 Å². The highest BCUT2D eigenvalue weighted by Crippen LogP contribution is 2.27. The van der Waals surface area contributed by atoms with E-state index in [2.05, 4.69) is 9.97 Å². The highest BCUT2D eigenvalue weighted by Gasteiger charge is 2.30. The maximum Gasteiger partial charge on any atom is 0.259 e. The van der Waals surface area contributed by atoms with Crippen molar-refractivity contribution >= 4 is 34.7 Å². The molecule has 0 atom stereocenters. The predicted molar refractivity (Wildman–Crippen MR) is 100 cm³/mol. The number of halogens is 1. The Hall–Kier alpha value is -2.63. The van der Waals surface area contributed by atoms with Crippen molar-refractivity contribution in [2.24, 2.45) is 0 Å². The lowest BCUT2D eigenvalue weighted by molar-refractivity contribution is 0.0848. The van der Waals surface area contributed by atoms with Gasteiger partial charge in [-0.15, -0.1) is 0 Å². The summed E-state index contributed by atoms with van der Waals surface area (Å²) in [6.45, 7) is 0.365. The molecule has 122 valence electrons. The first kappa shape index (κ1) is 15.9. The third kappa shape index (κ3) is 2.92. The Morgan fingerprint density at radius 3 is 2.64 bits per heavy atom. The van der Waals surface area contributed by atoms with Gasteiger partial charge in [-0.3, -0.25) is 19.7 Å². The summed E-state index contributed by atoms with van der Waals surface area (Å²) < 4.78 is 0. The van der Waals surface area contributed by atoms with Crippen molar-refractivity contribution < 1.29 is 4.79 Å². The number of rotatable bonds is 2. The SMILES string of the molecule is O=C(c1ccc(Cl)cc1)N1Cc2nc(-c3cccnc3)ccc2C1=S. The van der Waals surface area contributed by atoms with Crippen LogP contribution in [0.5, 0.6) is 0 Å². The lowest BCUT2D eigenvalue weighted by Crippen LogP contribution is -2.30. The summed E-state index contributed by atoms with van der Waals surface area (Å²) in [5.74, 6) is -0.150. The van der Waals surface area contributed by atoms with E-state index in [-0.39, 0.29) is 5.91 Å². The molecule has 0 spiro atoms. The molecule has 1 aromatic carbocycles. The third-order valence-corrected chi connectivity index (χ3v) is 4.74. The number of amides is 1. The molecule has 0 saturated heterocycles. The van der Waals surface area contributed by atoms with Crippen molar-refractivity contribution in [3.05, 3.63) is 82.8 Å². The van der Waals surface area contributed by atoms with E-state index in [1.807, 2.05) is 24.3 Å². The number of fused-ring (bicyclic) bond motifs is 1. The molecule has 1 aliphatic rings. The van der Waals surface area contributed by atoms with E-state index in [4.69, 9.17) is 23.8 Å². The van der Waals surface area contributed by atoms with Crippen LogP contribution in [-0.2, 0) is 6.54 Å². The van der Waals surface area contributed by atoms with Crippen LogP contribution in [-0.4, -0.2) is 25.8 Å². The van der Waals surface area contributed by atoms with Gasteiger partial charge in [-0.05, 0) is 48.5 Å². The molecule has 2 aromatic heterocycles. The molecule has 3 aromatic rings. The van der Waals surface area contributed by atoms with Gasteiger partial charge in [-0.2, -0.15) is 0 Å². The molecule has 25 heavy (non-hydrogen) atoms.